The van der Waals surface area contributed by atoms with Gasteiger partial charge in [0.1, 0.15) is 0 Å². The van der Waals surface area contributed by atoms with Gasteiger partial charge in [-0.25, -0.2) is 8.78 Å². The fourth-order valence-electron chi connectivity index (χ4n) is 3.11. The van der Waals surface area contributed by atoms with Crippen LogP contribution in [0.3, 0.4) is 0 Å². The van der Waals surface area contributed by atoms with Crippen molar-refractivity contribution in [2.45, 2.75) is 57.6 Å². The van der Waals surface area contributed by atoms with Crippen LogP contribution in [0.1, 0.15) is 57.6 Å². The van der Waals surface area contributed by atoms with Gasteiger partial charge in [-0.15, -0.1) is 0 Å². The van der Waals surface area contributed by atoms with E-state index in [1.54, 1.807) is 13.0 Å². The Kier molecular flexibility index (Phi) is 5.33. The van der Waals surface area contributed by atoms with Gasteiger partial charge in [0.2, 0.25) is 0 Å². The summed E-state index contributed by atoms with van der Waals surface area (Å²) in [6.07, 6.45) is 4.79. The second-order valence-corrected chi connectivity index (χ2v) is 6.32. The van der Waals surface area contributed by atoms with E-state index >= 15 is 0 Å². The molecule has 0 aromatic heterocycles. The maximum atomic E-state index is 13.7. The van der Waals surface area contributed by atoms with Crippen molar-refractivity contribution in [3.8, 4) is 0 Å². The molecule has 4 heteroatoms. The lowest BCUT2D eigenvalue weighted by atomic mass is 9.77. The number of hydrogen-bond donors (Lipinski definition) is 2. The normalized spacial score (nSPS) is 27.6. The largest absolute Gasteiger partial charge is 0.389 e. The Balaban J connectivity index is 1.92. The van der Waals surface area contributed by atoms with Gasteiger partial charge in [-0.05, 0) is 44.6 Å². The predicted molar refractivity (Wildman–Crippen MR) is 80.0 cm³/mol. The standard InChI is InChI=1S/C17H25F2NO/c1-3-13-7-9-17(21,10-8-13)11-20-12(2)14-5-4-6-15(18)16(14)19/h4-6,12-13,20-21H,3,7-11H2,1-2H3. The maximum Gasteiger partial charge on any atom is 0.163 e. The summed E-state index contributed by atoms with van der Waals surface area (Å²) in [6, 6.07) is 3.88. The van der Waals surface area contributed by atoms with E-state index in [1.165, 1.54) is 6.07 Å². The molecule has 21 heavy (non-hydrogen) atoms. The molecule has 0 amide bonds. The van der Waals surface area contributed by atoms with E-state index in [2.05, 4.69) is 12.2 Å². The molecule has 0 radical (unpaired) electrons. The molecule has 0 bridgehead atoms. The highest BCUT2D eigenvalue weighted by Gasteiger charge is 2.32. The van der Waals surface area contributed by atoms with Crippen molar-refractivity contribution in [2.75, 3.05) is 6.54 Å². The molecule has 1 atom stereocenters. The Morgan fingerprint density at radius 1 is 1.33 bits per heavy atom. The lowest BCUT2D eigenvalue weighted by molar-refractivity contribution is -0.0104. The lowest BCUT2D eigenvalue weighted by Gasteiger charge is -2.36. The second-order valence-electron chi connectivity index (χ2n) is 6.32. The zero-order valence-electron chi connectivity index (χ0n) is 12.8. The SMILES string of the molecule is CCC1CCC(O)(CNC(C)c2cccc(F)c2F)CC1. The van der Waals surface area contributed by atoms with Gasteiger partial charge in [-0.2, -0.15) is 0 Å². The van der Waals surface area contributed by atoms with Crippen LogP contribution in [-0.4, -0.2) is 17.3 Å². The first kappa shape index (κ1) is 16.4. The molecule has 0 spiro atoms. The lowest BCUT2D eigenvalue weighted by Crippen LogP contribution is -2.44. The molecule has 0 saturated heterocycles. The zero-order valence-corrected chi connectivity index (χ0v) is 12.8. The smallest absolute Gasteiger partial charge is 0.163 e. The average Bonchev–Trinajstić information content (AvgIpc) is 2.49. The molecule has 1 aliphatic rings. The van der Waals surface area contributed by atoms with Gasteiger partial charge in [0.25, 0.3) is 0 Å². The van der Waals surface area contributed by atoms with Gasteiger partial charge in [0, 0.05) is 18.2 Å². The maximum absolute atomic E-state index is 13.7. The molecule has 1 fully saturated rings. The fraction of sp³-hybridized carbons (Fsp3) is 0.647. The predicted octanol–water partition coefficient (Wildman–Crippen LogP) is 3.95. The van der Waals surface area contributed by atoms with Gasteiger partial charge in [-0.1, -0.05) is 25.5 Å². The van der Waals surface area contributed by atoms with Crippen LogP contribution < -0.4 is 5.32 Å². The van der Waals surface area contributed by atoms with Crippen molar-refractivity contribution in [2.24, 2.45) is 5.92 Å². The number of halogens is 2. The van der Waals surface area contributed by atoms with Gasteiger partial charge in [0.05, 0.1) is 5.60 Å². The van der Waals surface area contributed by atoms with Crippen molar-refractivity contribution in [1.82, 2.24) is 5.32 Å². The van der Waals surface area contributed by atoms with Crippen LogP contribution in [0.25, 0.3) is 0 Å². The number of aliphatic hydroxyl groups is 1. The molecule has 2 N–H and O–H groups in total. The Hall–Kier alpha value is -1.00. The van der Waals surface area contributed by atoms with Crippen LogP contribution in [0, 0.1) is 17.6 Å². The van der Waals surface area contributed by atoms with E-state index in [0.29, 0.717) is 18.0 Å². The molecule has 1 unspecified atom stereocenters. The summed E-state index contributed by atoms with van der Waals surface area (Å²) in [4.78, 5) is 0. The molecule has 1 aromatic rings. The summed E-state index contributed by atoms with van der Waals surface area (Å²) >= 11 is 0. The first-order valence-corrected chi connectivity index (χ1v) is 7.85. The van der Waals surface area contributed by atoms with Crippen LogP contribution in [0.15, 0.2) is 18.2 Å². The molecular formula is C17H25F2NO. The quantitative estimate of drug-likeness (QED) is 0.862. The summed E-state index contributed by atoms with van der Waals surface area (Å²) in [5.41, 5.74) is -0.412. The van der Waals surface area contributed by atoms with E-state index < -0.39 is 17.2 Å². The summed E-state index contributed by atoms with van der Waals surface area (Å²) < 4.78 is 27.0. The topological polar surface area (TPSA) is 32.3 Å². The molecule has 1 aromatic carbocycles. The Morgan fingerprint density at radius 2 is 2.00 bits per heavy atom. The van der Waals surface area contributed by atoms with E-state index in [4.69, 9.17) is 0 Å². The van der Waals surface area contributed by atoms with E-state index in [9.17, 15) is 13.9 Å². The summed E-state index contributed by atoms with van der Waals surface area (Å²) in [6.45, 7) is 4.39. The van der Waals surface area contributed by atoms with Crippen molar-refractivity contribution in [3.63, 3.8) is 0 Å². The fourth-order valence-corrected chi connectivity index (χ4v) is 3.11. The van der Waals surface area contributed by atoms with Crippen molar-refractivity contribution in [3.05, 3.63) is 35.4 Å². The van der Waals surface area contributed by atoms with Crippen LogP contribution in [0.5, 0.6) is 0 Å². The minimum absolute atomic E-state index is 0.306. The highest BCUT2D eigenvalue weighted by molar-refractivity contribution is 5.22. The van der Waals surface area contributed by atoms with Crippen molar-refractivity contribution >= 4 is 0 Å². The third-order valence-corrected chi connectivity index (χ3v) is 4.80. The first-order valence-electron chi connectivity index (χ1n) is 7.85. The minimum atomic E-state index is -0.830. The molecule has 1 saturated carbocycles. The summed E-state index contributed by atoms with van der Waals surface area (Å²) in [7, 11) is 0. The van der Waals surface area contributed by atoms with Gasteiger partial charge in [-0.3, -0.25) is 0 Å². The number of nitrogens with one attached hydrogen (secondary N) is 1. The Morgan fingerprint density at radius 3 is 2.62 bits per heavy atom. The molecule has 118 valence electrons. The number of rotatable bonds is 5. The summed E-state index contributed by atoms with van der Waals surface area (Å²) in [5, 5.41) is 13.7. The molecule has 1 aliphatic carbocycles. The number of benzene rings is 1. The van der Waals surface area contributed by atoms with Crippen LogP contribution >= 0.6 is 0 Å². The van der Waals surface area contributed by atoms with Gasteiger partial charge >= 0.3 is 0 Å². The number of hydrogen-bond acceptors (Lipinski definition) is 2. The molecule has 2 rings (SSSR count). The molecular weight excluding hydrogens is 272 g/mol. The minimum Gasteiger partial charge on any atom is -0.389 e. The highest BCUT2D eigenvalue weighted by atomic mass is 19.2. The van der Waals surface area contributed by atoms with E-state index in [-0.39, 0.29) is 6.04 Å². The van der Waals surface area contributed by atoms with Crippen LogP contribution in [0.4, 0.5) is 8.78 Å². The second kappa shape index (κ2) is 6.84. The van der Waals surface area contributed by atoms with Gasteiger partial charge < -0.3 is 10.4 Å². The van der Waals surface area contributed by atoms with Crippen molar-refractivity contribution < 1.29 is 13.9 Å². The third-order valence-electron chi connectivity index (χ3n) is 4.80. The van der Waals surface area contributed by atoms with Gasteiger partial charge in [0.15, 0.2) is 11.6 Å². The Bertz CT molecular complexity index is 470. The third kappa shape index (κ3) is 4.01. The van der Waals surface area contributed by atoms with Crippen molar-refractivity contribution in [1.29, 1.82) is 0 Å². The van der Waals surface area contributed by atoms with E-state index in [0.717, 1.165) is 38.2 Å². The molecule has 0 aliphatic heterocycles. The first-order chi connectivity index (χ1) is 9.95. The van der Waals surface area contributed by atoms with Crippen LogP contribution in [-0.2, 0) is 0 Å². The monoisotopic (exact) mass is 297 g/mol. The summed E-state index contributed by atoms with van der Waals surface area (Å²) in [5.74, 6) is -0.925. The highest BCUT2D eigenvalue weighted by Crippen LogP contribution is 2.33. The molecule has 0 heterocycles. The molecule has 2 nitrogen and oxygen atoms in total. The zero-order chi connectivity index (χ0) is 15.5. The van der Waals surface area contributed by atoms with E-state index in [1.807, 2.05) is 0 Å². The average molecular weight is 297 g/mol. The Labute approximate surface area is 125 Å². The van der Waals surface area contributed by atoms with Crippen LogP contribution in [0.2, 0.25) is 0 Å².